The number of aromatic nitrogens is 2. The number of hydrogen-bond acceptors (Lipinski definition) is 3. The van der Waals surface area contributed by atoms with Crippen molar-refractivity contribution in [2.24, 2.45) is 0 Å². The van der Waals surface area contributed by atoms with Crippen LogP contribution in [0.25, 0.3) is 11.0 Å². The van der Waals surface area contributed by atoms with Crippen molar-refractivity contribution in [1.82, 2.24) is 9.55 Å². The number of nitrogens with zero attached hydrogens (tertiary/aromatic N) is 2. The SMILES string of the molecule is CCC[C@@H](O)c1nc2ccccc2n1Cc1ccccc1OC. The van der Waals surface area contributed by atoms with E-state index in [0.717, 1.165) is 34.6 Å². The van der Waals surface area contributed by atoms with Gasteiger partial charge in [-0.3, -0.25) is 0 Å². The molecule has 0 bridgehead atoms. The van der Waals surface area contributed by atoms with Gasteiger partial charge in [-0.2, -0.15) is 0 Å². The second kappa shape index (κ2) is 6.84. The first-order valence-corrected chi connectivity index (χ1v) is 7.99. The Morgan fingerprint density at radius 2 is 1.87 bits per heavy atom. The molecule has 0 aliphatic rings. The third-order valence-electron chi connectivity index (χ3n) is 4.07. The number of fused-ring (bicyclic) bond motifs is 1. The van der Waals surface area contributed by atoms with Gasteiger partial charge in [-0.15, -0.1) is 0 Å². The van der Waals surface area contributed by atoms with E-state index in [4.69, 9.17) is 4.74 Å². The van der Waals surface area contributed by atoms with Crippen LogP contribution in [-0.4, -0.2) is 21.8 Å². The van der Waals surface area contributed by atoms with Gasteiger partial charge in [0.1, 0.15) is 17.7 Å². The summed E-state index contributed by atoms with van der Waals surface area (Å²) < 4.78 is 7.55. The van der Waals surface area contributed by atoms with E-state index in [0.29, 0.717) is 13.0 Å². The Kier molecular flexibility index (Phi) is 4.63. The molecule has 2 aromatic carbocycles. The fourth-order valence-electron chi connectivity index (χ4n) is 2.92. The number of methoxy groups -OCH3 is 1. The predicted octanol–water partition coefficient (Wildman–Crippen LogP) is 3.93. The molecule has 0 amide bonds. The summed E-state index contributed by atoms with van der Waals surface area (Å²) in [5.74, 6) is 1.57. The van der Waals surface area contributed by atoms with Crippen LogP contribution in [-0.2, 0) is 6.54 Å². The van der Waals surface area contributed by atoms with Crippen LogP contribution in [0.2, 0.25) is 0 Å². The normalized spacial score (nSPS) is 12.5. The van der Waals surface area contributed by atoms with Crippen LogP contribution in [0.4, 0.5) is 0 Å². The van der Waals surface area contributed by atoms with Crippen LogP contribution in [0.3, 0.4) is 0 Å². The zero-order valence-corrected chi connectivity index (χ0v) is 13.6. The van der Waals surface area contributed by atoms with Crippen LogP contribution in [0.1, 0.15) is 37.3 Å². The van der Waals surface area contributed by atoms with Crippen molar-refractivity contribution in [3.8, 4) is 5.75 Å². The molecule has 120 valence electrons. The summed E-state index contributed by atoms with van der Waals surface area (Å²) >= 11 is 0. The van der Waals surface area contributed by atoms with Gasteiger partial charge in [-0.05, 0) is 24.6 Å². The molecule has 1 atom stereocenters. The smallest absolute Gasteiger partial charge is 0.139 e. The number of aliphatic hydroxyl groups is 1. The topological polar surface area (TPSA) is 47.3 Å². The fraction of sp³-hybridized carbons (Fsp3) is 0.316. The van der Waals surface area contributed by atoms with E-state index in [2.05, 4.69) is 16.5 Å². The summed E-state index contributed by atoms with van der Waals surface area (Å²) in [5.41, 5.74) is 3.01. The van der Waals surface area contributed by atoms with Crippen molar-refractivity contribution in [1.29, 1.82) is 0 Å². The average molecular weight is 310 g/mol. The Labute approximate surface area is 136 Å². The number of aliphatic hydroxyl groups excluding tert-OH is 1. The van der Waals surface area contributed by atoms with E-state index >= 15 is 0 Å². The lowest BCUT2D eigenvalue weighted by Crippen LogP contribution is -2.10. The first kappa shape index (κ1) is 15.6. The molecular weight excluding hydrogens is 288 g/mol. The van der Waals surface area contributed by atoms with Crippen LogP contribution in [0, 0.1) is 0 Å². The van der Waals surface area contributed by atoms with Gasteiger partial charge < -0.3 is 14.4 Å². The molecule has 0 saturated carbocycles. The van der Waals surface area contributed by atoms with Gasteiger partial charge >= 0.3 is 0 Å². The molecule has 4 heteroatoms. The Bertz CT molecular complexity index is 795. The highest BCUT2D eigenvalue weighted by molar-refractivity contribution is 5.76. The molecule has 23 heavy (non-hydrogen) atoms. The van der Waals surface area contributed by atoms with Gasteiger partial charge in [0, 0.05) is 5.56 Å². The van der Waals surface area contributed by atoms with E-state index < -0.39 is 6.10 Å². The van der Waals surface area contributed by atoms with Gasteiger partial charge in [-0.1, -0.05) is 43.7 Å². The van der Waals surface area contributed by atoms with Crippen molar-refractivity contribution in [2.45, 2.75) is 32.4 Å². The zero-order valence-electron chi connectivity index (χ0n) is 13.6. The molecule has 3 aromatic rings. The minimum Gasteiger partial charge on any atom is -0.496 e. The van der Waals surface area contributed by atoms with Gasteiger partial charge in [-0.25, -0.2) is 4.98 Å². The van der Waals surface area contributed by atoms with Gasteiger partial charge in [0.15, 0.2) is 0 Å². The largest absolute Gasteiger partial charge is 0.496 e. The minimum atomic E-state index is -0.554. The number of para-hydroxylation sites is 3. The first-order valence-electron chi connectivity index (χ1n) is 7.99. The molecule has 1 N–H and O–H groups in total. The average Bonchev–Trinajstić information content (AvgIpc) is 2.94. The molecule has 0 saturated heterocycles. The summed E-state index contributed by atoms with van der Waals surface area (Å²) in [6.07, 6.45) is 1.07. The maximum atomic E-state index is 10.5. The Morgan fingerprint density at radius 1 is 1.13 bits per heavy atom. The Hall–Kier alpha value is -2.33. The number of benzene rings is 2. The molecule has 0 spiro atoms. The van der Waals surface area contributed by atoms with Crippen molar-refractivity contribution in [3.05, 3.63) is 59.9 Å². The Balaban J connectivity index is 2.09. The molecule has 3 rings (SSSR count). The fourth-order valence-corrected chi connectivity index (χ4v) is 2.92. The highest BCUT2D eigenvalue weighted by Crippen LogP contribution is 2.27. The van der Waals surface area contributed by atoms with Gasteiger partial charge in [0.05, 0.1) is 24.7 Å². The molecular formula is C19H22N2O2. The third kappa shape index (κ3) is 3.08. The lowest BCUT2D eigenvalue weighted by molar-refractivity contribution is 0.153. The van der Waals surface area contributed by atoms with Crippen molar-refractivity contribution in [2.75, 3.05) is 7.11 Å². The summed E-state index contributed by atoms with van der Waals surface area (Å²) in [6.45, 7) is 2.69. The second-order valence-electron chi connectivity index (χ2n) is 5.66. The quantitative estimate of drug-likeness (QED) is 0.750. The van der Waals surface area contributed by atoms with E-state index in [1.165, 1.54) is 0 Å². The lowest BCUT2D eigenvalue weighted by Gasteiger charge is -2.15. The maximum absolute atomic E-state index is 10.5. The van der Waals surface area contributed by atoms with Gasteiger partial charge in [0.25, 0.3) is 0 Å². The molecule has 0 aliphatic heterocycles. The summed E-state index contributed by atoms with van der Waals surface area (Å²) in [6, 6.07) is 16.0. The van der Waals surface area contributed by atoms with Crippen molar-refractivity contribution in [3.63, 3.8) is 0 Å². The maximum Gasteiger partial charge on any atom is 0.139 e. The molecule has 0 aliphatic carbocycles. The molecule has 1 heterocycles. The Morgan fingerprint density at radius 3 is 2.65 bits per heavy atom. The number of hydrogen-bond donors (Lipinski definition) is 1. The van der Waals surface area contributed by atoms with Crippen LogP contribution >= 0.6 is 0 Å². The monoisotopic (exact) mass is 310 g/mol. The van der Waals surface area contributed by atoms with Crippen LogP contribution in [0.5, 0.6) is 5.75 Å². The van der Waals surface area contributed by atoms with Gasteiger partial charge in [0.2, 0.25) is 0 Å². The lowest BCUT2D eigenvalue weighted by atomic mass is 10.1. The molecule has 4 nitrogen and oxygen atoms in total. The molecule has 0 fully saturated rings. The standard InChI is InChI=1S/C19H22N2O2/c1-3-8-17(22)19-20-15-10-5-6-11-16(15)21(19)13-14-9-4-7-12-18(14)23-2/h4-7,9-12,17,22H,3,8,13H2,1-2H3/t17-/m1/s1. The van der Waals surface area contributed by atoms with E-state index in [9.17, 15) is 5.11 Å². The third-order valence-corrected chi connectivity index (χ3v) is 4.07. The molecule has 1 aromatic heterocycles. The van der Waals surface area contributed by atoms with E-state index in [-0.39, 0.29) is 0 Å². The summed E-state index contributed by atoms with van der Waals surface area (Å²) in [5, 5.41) is 10.5. The van der Waals surface area contributed by atoms with E-state index in [1.807, 2.05) is 48.5 Å². The number of ether oxygens (including phenoxy) is 1. The van der Waals surface area contributed by atoms with Crippen molar-refractivity contribution < 1.29 is 9.84 Å². The summed E-state index contributed by atoms with van der Waals surface area (Å²) in [7, 11) is 1.68. The van der Waals surface area contributed by atoms with E-state index in [1.54, 1.807) is 7.11 Å². The zero-order chi connectivity index (χ0) is 16.2. The van der Waals surface area contributed by atoms with Crippen LogP contribution in [0.15, 0.2) is 48.5 Å². The highest BCUT2D eigenvalue weighted by atomic mass is 16.5. The molecule has 0 unspecified atom stereocenters. The highest BCUT2D eigenvalue weighted by Gasteiger charge is 2.18. The minimum absolute atomic E-state index is 0.554. The summed E-state index contributed by atoms with van der Waals surface area (Å²) in [4.78, 5) is 4.66. The van der Waals surface area contributed by atoms with Crippen LogP contribution < -0.4 is 4.74 Å². The number of imidazole rings is 1. The predicted molar refractivity (Wildman–Crippen MR) is 91.7 cm³/mol. The van der Waals surface area contributed by atoms with Crippen molar-refractivity contribution >= 4 is 11.0 Å². The number of rotatable bonds is 6. The molecule has 0 radical (unpaired) electrons. The second-order valence-corrected chi connectivity index (χ2v) is 5.66. The first-order chi connectivity index (χ1) is 11.2.